The van der Waals surface area contributed by atoms with E-state index >= 15 is 0 Å². The molecule has 30 heavy (non-hydrogen) atoms. The van der Waals surface area contributed by atoms with Crippen LogP contribution >= 0.6 is 0 Å². The Hall–Kier alpha value is -1.92. The molecule has 6 nitrogen and oxygen atoms in total. The van der Waals surface area contributed by atoms with E-state index < -0.39 is 0 Å². The third-order valence-corrected chi connectivity index (χ3v) is 6.79. The normalized spacial score (nSPS) is 23.5. The van der Waals surface area contributed by atoms with E-state index in [2.05, 4.69) is 35.3 Å². The van der Waals surface area contributed by atoms with Gasteiger partial charge in [-0.1, -0.05) is 18.2 Å². The van der Waals surface area contributed by atoms with Crippen LogP contribution in [0.25, 0.3) is 0 Å². The van der Waals surface area contributed by atoms with Crippen molar-refractivity contribution in [3.63, 3.8) is 0 Å². The Morgan fingerprint density at radius 1 is 1.10 bits per heavy atom. The number of hydrogen-bond donors (Lipinski definition) is 1. The Bertz CT molecular complexity index is 760. The van der Waals surface area contributed by atoms with E-state index in [0.717, 1.165) is 25.8 Å². The smallest absolute Gasteiger partial charge is 0.234 e. The van der Waals surface area contributed by atoms with Gasteiger partial charge in [-0.25, -0.2) is 0 Å². The lowest BCUT2D eigenvalue weighted by atomic mass is 9.89. The largest absolute Gasteiger partial charge is 0.378 e. The number of nitrogens with zero attached hydrogens (tertiary/aromatic N) is 2. The summed E-state index contributed by atoms with van der Waals surface area (Å²) in [6.45, 7) is 6.62. The topological polar surface area (TPSA) is 61.9 Å². The van der Waals surface area contributed by atoms with Gasteiger partial charge in [0.15, 0.2) is 0 Å². The molecular formula is C24H35N3O3. The Balaban J connectivity index is 1.28. The van der Waals surface area contributed by atoms with Gasteiger partial charge >= 0.3 is 0 Å². The zero-order valence-corrected chi connectivity index (χ0v) is 18.2. The van der Waals surface area contributed by atoms with Gasteiger partial charge in [0.1, 0.15) is 0 Å². The maximum absolute atomic E-state index is 12.8. The van der Waals surface area contributed by atoms with Crippen LogP contribution in [0.1, 0.15) is 55.3 Å². The van der Waals surface area contributed by atoms with Crippen LogP contribution in [0.5, 0.6) is 0 Å². The molecule has 2 saturated heterocycles. The molecule has 2 atom stereocenters. The van der Waals surface area contributed by atoms with Gasteiger partial charge in [-0.15, -0.1) is 0 Å². The average Bonchev–Trinajstić information content (AvgIpc) is 2.79. The van der Waals surface area contributed by atoms with E-state index in [1.807, 2.05) is 4.90 Å². The molecule has 1 N–H and O–H groups in total. The van der Waals surface area contributed by atoms with Gasteiger partial charge in [-0.3, -0.25) is 14.5 Å². The number of rotatable bonds is 5. The second-order valence-electron chi connectivity index (χ2n) is 9.04. The number of ether oxygens (including phenoxy) is 1. The summed E-state index contributed by atoms with van der Waals surface area (Å²) in [7, 11) is 0. The lowest BCUT2D eigenvalue weighted by molar-refractivity contribution is -0.142. The predicted octanol–water partition coefficient (Wildman–Crippen LogP) is 2.31. The Morgan fingerprint density at radius 2 is 1.87 bits per heavy atom. The third kappa shape index (κ3) is 5.22. The number of amides is 2. The minimum atomic E-state index is 0.000274. The van der Waals surface area contributed by atoms with E-state index in [1.165, 1.54) is 36.0 Å². The Morgan fingerprint density at radius 3 is 2.67 bits per heavy atom. The molecular weight excluding hydrogens is 378 g/mol. The first-order valence-electron chi connectivity index (χ1n) is 11.6. The van der Waals surface area contributed by atoms with Gasteiger partial charge in [0.2, 0.25) is 11.8 Å². The van der Waals surface area contributed by atoms with Crippen molar-refractivity contribution in [2.24, 2.45) is 5.92 Å². The fourth-order valence-electron chi connectivity index (χ4n) is 5.04. The predicted molar refractivity (Wildman–Crippen MR) is 116 cm³/mol. The molecule has 0 unspecified atom stereocenters. The molecule has 0 bridgehead atoms. The fraction of sp³-hybridized carbons (Fsp3) is 0.667. The summed E-state index contributed by atoms with van der Waals surface area (Å²) < 4.78 is 5.36. The van der Waals surface area contributed by atoms with Gasteiger partial charge in [-0.2, -0.15) is 0 Å². The number of benzene rings is 1. The van der Waals surface area contributed by atoms with Crippen LogP contribution in [0.15, 0.2) is 18.2 Å². The van der Waals surface area contributed by atoms with Gasteiger partial charge in [0.25, 0.3) is 0 Å². The van der Waals surface area contributed by atoms with Crippen molar-refractivity contribution in [3.8, 4) is 0 Å². The van der Waals surface area contributed by atoms with E-state index in [-0.39, 0.29) is 23.8 Å². The number of piperidine rings is 1. The lowest BCUT2D eigenvalue weighted by Crippen LogP contribution is -2.50. The molecule has 0 aromatic heterocycles. The summed E-state index contributed by atoms with van der Waals surface area (Å²) in [5.41, 5.74) is 4.09. The van der Waals surface area contributed by atoms with Crippen LogP contribution in [-0.2, 0) is 27.2 Å². The number of aryl methyl sites for hydroxylation is 2. The number of hydrogen-bond acceptors (Lipinski definition) is 4. The fourth-order valence-corrected chi connectivity index (χ4v) is 5.04. The molecule has 6 heteroatoms. The molecule has 4 rings (SSSR count). The first kappa shape index (κ1) is 21.3. The minimum absolute atomic E-state index is 0.000274. The molecule has 2 fully saturated rings. The number of likely N-dealkylation sites (tertiary alicyclic amines) is 1. The molecule has 164 valence electrons. The number of carbonyl (C=O) groups is 2. The van der Waals surface area contributed by atoms with Crippen molar-refractivity contribution in [1.82, 2.24) is 15.1 Å². The van der Waals surface area contributed by atoms with Crippen molar-refractivity contribution < 1.29 is 14.3 Å². The molecule has 3 aliphatic rings. The molecule has 0 spiro atoms. The summed E-state index contributed by atoms with van der Waals surface area (Å²) in [6, 6.07) is 6.67. The summed E-state index contributed by atoms with van der Waals surface area (Å²) in [5.74, 6) is 0.272. The second kappa shape index (κ2) is 9.92. The monoisotopic (exact) mass is 413 g/mol. The highest BCUT2D eigenvalue weighted by Gasteiger charge is 2.30. The number of fused-ring (bicyclic) bond motifs is 1. The third-order valence-electron chi connectivity index (χ3n) is 6.79. The second-order valence-corrected chi connectivity index (χ2v) is 9.04. The van der Waals surface area contributed by atoms with Crippen LogP contribution in [-0.4, -0.2) is 67.6 Å². The molecule has 2 aliphatic heterocycles. The number of nitrogens with one attached hydrogen (secondary N) is 1. The first-order valence-corrected chi connectivity index (χ1v) is 11.6. The number of morpholine rings is 1. The molecule has 0 radical (unpaired) electrons. The van der Waals surface area contributed by atoms with Crippen molar-refractivity contribution >= 4 is 11.8 Å². The van der Waals surface area contributed by atoms with Crippen molar-refractivity contribution in [1.29, 1.82) is 0 Å². The quantitative estimate of drug-likeness (QED) is 0.805. The molecule has 1 aromatic rings. The maximum Gasteiger partial charge on any atom is 0.234 e. The molecule has 1 aliphatic carbocycles. The van der Waals surface area contributed by atoms with Gasteiger partial charge in [-0.05, 0) is 68.7 Å². The van der Waals surface area contributed by atoms with E-state index in [9.17, 15) is 9.59 Å². The SMILES string of the molecule is C[C@@H](NC(=O)CN1CCC[C@H](C(=O)N2CCOCC2)C1)c1ccc2c(c1)CCCC2. The van der Waals surface area contributed by atoms with E-state index in [0.29, 0.717) is 39.4 Å². The van der Waals surface area contributed by atoms with E-state index in [1.54, 1.807) is 0 Å². The van der Waals surface area contributed by atoms with Crippen LogP contribution in [0.2, 0.25) is 0 Å². The van der Waals surface area contributed by atoms with Crippen molar-refractivity contribution in [2.75, 3.05) is 45.9 Å². The van der Waals surface area contributed by atoms with Crippen LogP contribution in [0.3, 0.4) is 0 Å². The number of carbonyl (C=O) groups excluding carboxylic acids is 2. The molecule has 1 aromatic carbocycles. The van der Waals surface area contributed by atoms with Gasteiger partial charge < -0.3 is 15.0 Å². The highest BCUT2D eigenvalue weighted by Crippen LogP contribution is 2.25. The Labute approximate surface area is 179 Å². The van der Waals surface area contributed by atoms with Gasteiger partial charge in [0.05, 0.1) is 31.7 Å². The summed E-state index contributed by atoms with van der Waals surface area (Å²) in [6.07, 6.45) is 6.75. The minimum Gasteiger partial charge on any atom is -0.378 e. The Kier molecular flexibility index (Phi) is 7.05. The first-order chi connectivity index (χ1) is 14.6. The van der Waals surface area contributed by atoms with Crippen molar-refractivity contribution in [2.45, 2.75) is 51.5 Å². The molecule has 2 heterocycles. The molecule has 0 saturated carbocycles. The molecule has 2 amide bonds. The van der Waals surface area contributed by atoms with Gasteiger partial charge in [0, 0.05) is 19.6 Å². The van der Waals surface area contributed by atoms with Crippen LogP contribution < -0.4 is 5.32 Å². The maximum atomic E-state index is 12.8. The zero-order valence-electron chi connectivity index (χ0n) is 18.2. The van der Waals surface area contributed by atoms with Crippen LogP contribution in [0.4, 0.5) is 0 Å². The summed E-state index contributed by atoms with van der Waals surface area (Å²) in [5, 5.41) is 3.17. The highest BCUT2D eigenvalue weighted by atomic mass is 16.5. The lowest BCUT2D eigenvalue weighted by Gasteiger charge is -2.36. The standard InChI is InChI=1S/C24H35N3O3/c1-18(20-9-8-19-5-2-3-6-21(19)15-20)25-23(28)17-26-10-4-7-22(16-26)24(29)27-11-13-30-14-12-27/h8-9,15,18,22H,2-7,10-14,16-17H2,1H3,(H,25,28)/t18-,22+/m1/s1. The summed E-state index contributed by atoms with van der Waals surface area (Å²) in [4.78, 5) is 29.6. The average molecular weight is 414 g/mol. The van der Waals surface area contributed by atoms with Crippen molar-refractivity contribution in [3.05, 3.63) is 34.9 Å². The zero-order chi connectivity index (χ0) is 20.9. The highest BCUT2D eigenvalue weighted by molar-refractivity contribution is 5.80. The van der Waals surface area contributed by atoms with Crippen LogP contribution in [0, 0.1) is 5.92 Å². The van der Waals surface area contributed by atoms with E-state index in [4.69, 9.17) is 4.74 Å². The summed E-state index contributed by atoms with van der Waals surface area (Å²) >= 11 is 0.